The van der Waals surface area contributed by atoms with Gasteiger partial charge in [0, 0.05) is 43.8 Å². The Morgan fingerprint density at radius 1 is 1.33 bits per heavy atom. The lowest BCUT2D eigenvalue weighted by Crippen LogP contribution is -2.63. The van der Waals surface area contributed by atoms with Crippen LogP contribution in [0.2, 0.25) is 0 Å². The highest BCUT2D eigenvalue weighted by molar-refractivity contribution is 7.57. The van der Waals surface area contributed by atoms with Crippen molar-refractivity contribution < 1.29 is 27.6 Å². The van der Waals surface area contributed by atoms with E-state index >= 15 is 0 Å². The van der Waals surface area contributed by atoms with Gasteiger partial charge < -0.3 is 23.0 Å². The first-order chi connectivity index (χ1) is 14.1. The van der Waals surface area contributed by atoms with Gasteiger partial charge in [-0.25, -0.2) is 0 Å². The smallest absolute Gasteiger partial charge is 0.353 e. The molecule has 11 heteroatoms. The lowest BCUT2D eigenvalue weighted by atomic mass is 9.80. The maximum Gasteiger partial charge on any atom is 0.353 e. The van der Waals surface area contributed by atoms with Crippen LogP contribution in [0.4, 0.5) is 0 Å². The predicted octanol–water partition coefficient (Wildman–Crippen LogP) is 3.77. The monoisotopic (exact) mass is 458 g/mol. The summed E-state index contributed by atoms with van der Waals surface area (Å²) in [6.45, 7) is 9.17. The largest absolute Gasteiger partial charge is 0.372 e. The van der Waals surface area contributed by atoms with Crippen LogP contribution in [0.1, 0.15) is 40.5 Å². The van der Waals surface area contributed by atoms with Gasteiger partial charge in [-0.1, -0.05) is 0 Å². The molecule has 168 valence electrons. The molecule has 0 aromatic heterocycles. The van der Waals surface area contributed by atoms with Gasteiger partial charge in [0.15, 0.2) is 0 Å². The standard InChI is InChI=1S/C19H33BN2O6P2/c1-14(2)22(15(3)4)29(27-10-7-9-21)16-12-19(8-11-30(23,24-5)25-6)13-26-17(16)18(20)28-19/h8,11,14-18H,7,10,12-13H2,1-6H3/b11-8+/t16-,17-,18-,19-,29?/m1/s1. The van der Waals surface area contributed by atoms with Crippen LogP contribution in [-0.4, -0.2) is 75.4 Å². The van der Waals surface area contributed by atoms with Gasteiger partial charge in [-0.15, -0.1) is 0 Å². The third-order valence-corrected chi connectivity index (χ3v) is 9.63. The van der Waals surface area contributed by atoms with E-state index in [-0.39, 0.29) is 23.8 Å². The van der Waals surface area contributed by atoms with Gasteiger partial charge in [-0.3, -0.25) is 9.24 Å². The molecule has 30 heavy (non-hydrogen) atoms. The normalized spacial score (nSPS) is 30.5. The van der Waals surface area contributed by atoms with Crippen molar-refractivity contribution in [2.45, 2.75) is 76.0 Å². The van der Waals surface area contributed by atoms with Gasteiger partial charge in [-0.05, 0) is 40.2 Å². The van der Waals surface area contributed by atoms with Crippen LogP contribution in [0.25, 0.3) is 0 Å². The molecule has 5 atom stereocenters. The van der Waals surface area contributed by atoms with Gasteiger partial charge in [-0.2, -0.15) is 5.26 Å². The number of hydrogen-bond acceptors (Lipinski definition) is 8. The molecule has 0 spiro atoms. The second-order valence-corrected chi connectivity index (χ2v) is 12.1. The minimum Gasteiger partial charge on any atom is -0.372 e. The molecular formula is C19H33BN2O6P2. The van der Waals surface area contributed by atoms with E-state index in [1.165, 1.54) is 20.0 Å². The van der Waals surface area contributed by atoms with E-state index in [4.69, 9.17) is 36.2 Å². The van der Waals surface area contributed by atoms with Crippen molar-refractivity contribution >= 4 is 23.7 Å². The van der Waals surface area contributed by atoms with Gasteiger partial charge in [0.05, 0.1) is 31.8 Å². The number of nitriles is 1. The summed E-state index contributed by atoms with van der Waals surface area (Å²) in [4.78, 5) is 0. The quantitative estimate of drug-likeness (QED) is 0.263. The summed E-state index contributed by atoms with van der Waals surface area (Å²) in [6.07, 6.45) is 2.30. The zero-order valence-corrected chi connectivity index (χ0v) is 20.5. The molecule has 0 saturated carbocycles. The van der Waals surface area contributed by atoms with Crippen molar-refractivity contribution in [3.8, 4) is 6.07 Å². The van der Waals surface area contributed by atoms with E-state index in [1.807, 2.05) is 0 Å². The minimum absolute atomic E-state index is 0.0323. The molecule has 0 aromatic rings. The van der Waals surface area contributed by atoms with Crippen LogP contribution in [0, 0.1) is 11.3 Å². The lowest BCUT2D eigenvalue weighted by molar-refractivity contribution is -0.224. The van der Waals surface area contributed by atoms with Gasteiger partial charge in [0.1, 0.15) is 21.7 Å². The van der Waals surface area contributed by atoms with E-state index in [0.29, 0.717) is 26.1 Å². The molecule has 0 aromatic carbocycles. The maximum absolute atomic E-state index is 12.5. The average Bonchev–Trinajstić information content (AvgIpc) is 2.71. The van der Waals surface area contributed by atoms with Gasteiger partial charge in [0.2, 0.25) is 0 Å². The van der Waals surface area contributed by atoms with Crippen LogP contribution in [0.15, 0.2) is 11.9 Å². The molecule has 3 rings (SSSR count). The summed E-state index contributed by atoms with van der Waals surface area (Å²) >= 11 is 0. The molecular weight excluding hydrogens is 425 g/mol. The van der Waals surface area contributed by atoms with Crippen molar-refractivity contribution in [3.05, 3.63) is 11.9 Å². The van der Waals surface area contributed by atoms with E-state index in [9.17, 15) is 4.57 Å². The van der Waals surface area contributed by atoms with Crippen LogP contribution in [0.5, 0.6) is 0 Å². The molecule has 3 aliphatic heterocycles. The summed E-state index contributed by atoms with van der Waals surface area (Å²) in [6, 6.07) is 1.98. The van der Waals surface area contributed by atoms with Gasteiger partial charge >= 0.3 is 7.60 Å². The molecule has 8 nitrogen and oxygen atoms in total. The second kappa shape index (κ2) is 11.0. The Labute approximate surface area is 183 Å². The lowest BCUT2D eigenvalue weighted by Gasteiger charge is -2.55. The van der Waals surface area contributed by atoms with Crippen molar-refractivity contribution in [1.82, 2.24) is 4.67 Å². The SMILES string of the molecule is [B][C@@H]1O[C@@]2(/C=C/P(=O)(OC)OC)CO[C@@H]1[C@H](P(OCCC#N)N(C(C)C)C(C)C)C2. The molecule has 3 aliphatic rings. The Balaban J connectivity index is 2.36. The molecule has 2 radical (unpaired) electrons. The molecule has 0 N–H and O–H groups in total. The Morgan fingerprint density at radius 3 is 2.47 bits per heavy atom. The maximum atomic E-state index is 12.5. The Hall–Kier alpha value is -0.285. The third-order valence-electron chi connectivity index (χ3n) is 5.23. The molecule has 1 unspecified atom stereocenters. The van der Waals surface area contributed by atoms with E-state index in [2.05, 4.69) is 38.4 Å². The Bertz CT molecular complexity index is 672. The molecule has 0 aliphatic carbocycles. The van der Waals surface area contributed by atoms with Crippen LogP contribution in [-0.2, 0) is 27.6 Å². The molecule has 2 bridgehead atoms. The highest BCUT2D eigenvalue weighted by Gasteiger charge is 2.54. The molecule has 3 heterocycles. The zero-order valence-electron chi connectivity index (χ0n) is 18.7. The fourth-order valence-electron chi connectivity index (χ4n) is 3.96. The summed E-state index contributed by atoms with van der Waals surface area (Å²) in [5, 5.41) is 8.97. The fourth-order valence-corrected chi connectivity index (χ4v) is 7.64. The number of rotatable bonds is 11. The minimum atomic E-state index is -3.35. The van der Waals surface area contributed by atoms with Crippen molar-refractivity contribution in [2.24, 2.45) is 0 Å². The number of ether oxygens (including phenoxy) is 2. The Kier molecular flexibility index (Phi) is 9.55. The first-order valence-electron chi connectivity index (χ1n) is 10.2. The average molecular weight is 458 g/mol. The topological polar surface area (TPSA) is 90.3 Å². The first-order valence-corrected chi connectivity index (χ1v) is 13.0. The number of fused-ring (bicyclic) bond motifs is 3. The highest BCUT2D eigenvalue weighted by Crippen LogP contribution is 2.58. The van der Waals surface area contributed by atoms with Crippen LogP contribution < -0.4 is 0 Å². The van der Waals surface area contributed by atoms with E-state index < -0.39 is 27.5 Å². The number of hydrogen-bond donors (Lipinski definition) is 0. The predicted molar refractivity (Wildman–Crippen MR) is 117 cm³/mol. The first kappa shape index (κ1) is 26.0. The van der Waals surface area contributed by atoms with E-state index in [1.54, 1.807) is 6.08 Å². The molecule has 0 amide bonds. The van der Waals surface area contributed by atoms with Crippen LogP contribution >= 0.6 is 15.9 Å². The summed E-state index contributed by atoms with van der Waals surface area (Å²) < 4.78 is 43.3. The van der Waals surface area contributed by atoms with E-state index in [0.717, 1.165) is 0 Å². The highest BCUT2D eigenvalue weighted by atomic mass is 31.2. The van der Waals surface area contributed by atoms with Crippen molar-refractivity contribution in [3.63, 3.8) is 0 Å². The molecule has 3 fully saturated rings. The van der Waals surface area contributed by atoms with Crippen molar-refractivity contribution in [1.29, 1.82) is 5.26 Å². The van der Waals surface area contributed by atoms with Crippen molar-refractivity contribution in [2.75, 3.05) is 27.4 Å². The second-order valence-electron chi connectivity index (χ2n) is 8.03. The summed E-state index contributed by atoms with van der Waals surface area (Å²) in [7, 11) is 4.51. The molecule has 3 saturated heterocycles. The third kappa shape index (κ3) is 5.94. The Morgan fingerprint density at radius 2 is 1.97 bits per heavy atom. The summed E-state index contributed by atoms with van der Waals surface area (Å²) in [5.74, 6) is 1.41. The van der Waals surface area contributed by atoms with Gasteiger partial charge in [0.25, 0.3) is 0 Å². The fraction of sp³-hybridized carbons (Fsp3) is 0.842. The zero-order chi connectivity index (χ0) is 22.5. The number of nitrogens with zero attached hydrogens (tertiary/aromatic N) is 2. The summed E-state index contributed by atoms with van der Waals surface area (Å²) in [5.41, 5.74) is -0.875. The van der Waals surface area contributed by atoms with Crippen LogP contribution in [0.3, 0.4) is 0 Å².